The second-order valence-electron chi connectivity index (χ2n) is 4.30. The van der Waals surface area contributed by atoms with Gasteiger partial charge in [-0.1, -0.05) is 6.92 Å². The molecule has 15 heavy (non-hydrogen) atoms. The second kappa shape index (κ2) is 4.13. The first-order chi connectivity index (χ1) is 7.22. The Morgan fingerprint density at radius 1 is 1.60 bits per heavy atom. The lowest BCUT2D eigenvalue weighted by atomic mass is 9.79. The quantitative estimate of drug-likeness (QED) is 0.742. The molecule has 1 aromatic rings. The van der Waals surface area contributed by atoms with E-state index < -0.39 is 0 Å². The van der Waals surface area contributed by atoms with Crippen LogP contribution in [0, 0.1) is 5.92 Å². The number of hydrogen-bond donors (Lipinski definition) is 0. The van der Waals surface area contributed by atoms with Gasteiger partial charge in [-0.3, -0.25) is 9.48 Å². The number of aromatic nitrogens is 3. The lowest BCUT2D eigenvalue weighted by Crippen LogP contribution is -2.24. The highest BCUT2D eigenvalue weighted by Crippen LogP contribution is 2.34. The molecule has 2 unspecified atom stereocenters. The Balaban J connectivity index is 2.24. The maximum absolute atomic E-state index is 11.5. The molecule has 0 aliphatic heterocycles. The number of nitrogens with zero attached hydrogens (tertiary/aromatic N) is 3. The Bertz CT molecular complexity index is 358. The van der Waals surface area contributed by atoms with Gasteiger partial charge in [0.15, 0.2) is 0 Å². The summed E-state index contributed by atoms with van der Waals surface area (Å²) in [5.74, 6) is 2.16. The summed E-state index contributed by atoms with van der Waals surface area (Å²) in [5.41, 5.74) is 0. The van der Waals surface area contributed by atoms with E-state index in [1.165, 1.54) is 0 Å². The van der Waals surface area contributed by atoms with Gasteiger partial charge in [0.1, 0.15) is 17.9 Å². The molecule has 1 aliphatic rings. The largest absolute Gasteiger partial charge is 0.300 e. The standard InChI is InChI=1S/C11H17N3O/c1-3-14-11(12-7-13-14)10-6-9(15)5-4-8(10)2/h7-8,10H,3-6H2,1-2H3. The van der Waals surface area contributed by atoms with Crippen LogP contribution < -0.4 is 0 Å². The topological polar surface area (TPSA) is 47.8 Å². The zero-order chi connectivity index (χ0) is 10.8. The molecule has 1 saturated carbocycles. The Morgan fingerprint density at radius 3 is 3.13 bits per heavy atom. The monoisotopic (exact) mass is 207 g/mol. The highest BCUT2D eigenvalue weighted by atomic mass is 16.1. The SMILES string of the molecule is CCn1ncnc1C1CC(=O)CCC1C. The van der Waals surface area contributed by atoms with Crippen molar-refractivity contribution in [3.8, 4) is 0 Å². The number of aryl methyl sites for hydroxylation is 1. The molecule has 0 saturated heterocycles. The smallest absolute Gasteiger partial charge is 0.138 e. The van der Waals surface area contributed by atoms with Gasteiger partial charge in [-0.25, -0.2) is 4.98 Å². The fourth-order valence-corrected chi connectivity index (χ4v) is 2.29. The van der Waals surface area contributed by atoms with Crippen LogP contribution in [-0.2, 0) is 11.3 Å². The molecule has 1 aromatic heterocycles. The highest BCUT2D eigenvalue weighted by molar-refractivity contribution is 5.80. The lowest BCUT2D eigenvalue weighted by molar-refractivity contribution is -0.121. The van der Waals surface area contributed by atoms with E-state index in [2.05, 4.69) is 17.0 Å². The molecule has 4 nitrogen and oxygen atoms in total. The third-order valence-electron chi connectivity index (χ3n) is 3.29. The summed E-state index contributed by atoms with van der Waals surface area (Å²) in [6, 6.07) is 0. The van der Waals surface area contributed by atoms with Gasteiger partial charge in [-0.15, -0.1) is 0 Å². The molecule has 0 spiro atoms. The fraction of sp³-hybridized carbons (Fsp3) is 0.727. The Hall–Kier alpha value is -1.19. The van der Waals surface area contributed by atoms with E-state index in [-0.39, 0.29) is 5.92 Å². The van der Waals surface area contributed by atoms with Crippen molar-refractivity contribution >= 4 is 5.78 Å². The molecule has 2 rings (SSSR count). The van der Waals surface area contributed by atoms with Gasteiger partial charge in [-0.2, -0.15) is 5.10 Å². The van der Waals surface area contributed by atoms with Gasteiger partial charge < -0.3 is 0 Å². The van der Waals surface area contributed by atoms with E-state index in [0.717, 1.165) is 25.2 Å². The van der Waals surface area contributed by atoms with Crippen molar-refractivity contribution < 1.29 is 4.79 Å². The summed E-state index contributed by atoms with van der Waals surface area (Å²) in [6.45, 7) is 5.08. The number of Topliss-reactive ketones (excluding diaryl/α,β-unsaturated/α-hetero) is 1. The molecule has 0 bridgehead atoms. The molecule has 0 radical (unpaired) electrons. The number of rotatable bonds is 2. The summed E-state index contributed by atoms with van der Waals surface area (Å²) in [5, 5.41) is 4.16. The summed E-state index contributed by atoms with van der Waals surface area (Å²) in [6.07, 6.45) is 3.95. The van der Waals surface area contributed by atoms with Crippen LogP contribution in [0.4, 0.5) is 0 Å². The fourth-order valence-electron chi connectivity index (χ4n) is 2.29. The van der Waals surface area contributed by atoms with Gasteiger partial charge in [-0.05, 0) is 19.3 Å². The third kappa shape index (κ3) is 1.94. The van der Waals surface area contributed by atoms with Gasteiger partial charge in [0.25, 0.3) is 0 Å². The number of ketones is 1. The maximum atomic E-state index is 11.5. The van der Waals surface area contributed by atoms with Crippen LogP contribution in [0.5, 0.6) is 0 Å². The van der Waals surface area contributed by atoms with Gasteiger partial charge >= 0.3 is 0 Å². The van der Waals surface area contributed by atoms with Gasteiger partial charge in [0.05, 0.1) is 0 Å². The minimum atomic E-state index is 0.272. The minimum Gasteiger partial charge on any atom is -0.300 e. The van der Waals surface area contributed by atoms with Crippen LogP contribution in [0.15, 0.2) is 6.33 Å². The van der Waals surface area contributed by atoms with E-state index in [1.807, 2.05) is 11.6 Å². The summed E-state index contributed by atoms with van der Waals surface area (Å²) >= 11 is 0. The van der Waals surface area contributed by atoms with Gasteiger partial charge in [0, 0.05) is 25.3 Å². The van der Waals surface area contributed by atoms with Crippen molar-refractivity contribution in [2.45, 2.75) is 45.6 Å². The van der Waals surface area contributed by atoms with E-state index >= 15 is 0 Å². The van der Waals surface area contributed by atoms with Crippen molar-refractivity contribution in [1.82, 2.24) is 14.8 Å². The predicted octanol–water partition coefficient (Wildman–Crippen LogP) is 1.77. The molecule has 2 atom stereocenters. The lowest BCUT2D eigenvalue weighted by Gasteiger charge is -2.27. The molecule has 0 N–H and O–H groups in total. The molecule has 4 heteroatoms. The Labute approximate surface area is 89.7 Å². The van der Waals surface area contributed by atoms with Crippen molar-refractivity contribution in [2.24, 2.45) is 5.92 Å². The summed E-state index contributed by atoms with van der Waals surface area (Å²) in [7, 11) is 0. The zero-order valence-electron chi connectivity index (χ0n) is 9.31. The van der Waals surface area contributed by atoms with Crippen LogP contribution in [-0.4, -0.2) is 20.5 Å². The van der Waals surface area contributed by atoms with E-state index in [1.54, 1.807) is 6.33 Å². The molecule has 1 aliphatic carbocycles. The zero-order valence-corrected chi connectivity index (χ0v) is 9.31. The van der Waals surface area contributed by atoms with E-state index in [0.29, 0.717) is 18.1 Å². The molecule has 0 aromatic carbocycles. The predicted molar refractivity (Wildman–Crippen MR) is 56.5 cm³/mol. The Morgan fingerprint density at radius 2 is 2.40 bits per heavy atom. The van der Waals surface area contributed by atoms with Crippen LogP contribution in [0.25, 0.3) is 0 Å². The average Bonchev–Trinajstić information content (AvgIpc) is 2.69. The average molecular weight is 207 g/mol. The molecule has 1 fully saturated rings. The Kier molecular flexibility index (Phi) is 2.84. The highest BCUT2D eigenvalue weighted by Gasteiger charge is 2.30. The van der Waals surface area contributed by atoms with Crippen LogP contribution in [0.3, 0.4) is 0 Å². The van der Waals surface area contributed by atoms with Crippen molar-refractivity contribution in [1.29, 1.82) is 0 Å². The molecule has 1 heterocycles. The first kappa shape index (κ1) is 10.3. The molecule has 0 amide bonds. The first-order valence-corrected chi connectivity index (χ1v) is 5.61. The first-order valence-electron chi connectivity index (χ1n) is 5.61. The minimum absolute atomic E-state index is 0.272. The van der Waals surface area contributed by atoms with Crippen LogP contribution >= 0.6 is 0 Å². The van der Waals surface area contributed by atoms with E-state index in [4.69, 9.17) is 0 Å². The maximum Gasteiger partial charge on any atom is 0.138 e. The summed E-state index contributed by atoms with van der Waals surface area (Å²) < 4.78 is 1.90. The van der Waals surface area contributed by atoms with Crippen LogP contribution in [0.2, 0.25) is 0 Å². The second-order valence-corrected chi connectivity index (χ2v) is 4.30. The molecular weight excluding hydrogens is 190 g/mol. The number of carbonyl (C=O) groups is 1. The summed E-state index contributed by atoms with van der Waals surface area (Å²) in [4.78, 5) is 15.8. The molecule has 82 valence electrons. The third-order valence-corrected chi connectivity index (χ3v) is 3.29. The number of carbonyl (C=O) groups excluding carboxylic acids is 1. The molecular formula is C11H17N3O. The van der Waals surface area contributed by atoms with Crippen molar-refractivity contribution in [2.75, 3.05) is 0 Å². The van der Waals surface area contributed by atoms with E-state index in [9.17, 15) is 4.79 Å². The number of hydrogen-bond acceptors (Lipinski definition) is 3. The van der Waals surface area contributed by atoms with Crippen molar-refractivity contribution in [3.05, 3.63) is 12.2 Å². The van der Waals surface area contributed by atoms with Crippen molar-refractivity contribution in [3.63, 3.8) is 0 Å². The van der Waals surface area contributed by atoms with Gasteiger partial charge in [0.2, 0.25) is 0 Å². The normalized spacial score (nSPS) is 26.9. The van der Waals surface area contributed by atoms with Crippen LogP contribution in [0.1, 0.15) is 44.9 Å².